The van der Waals surface area contributed by atoms with Crippen LogP contribution in [-0.2, 0) is 11.2 Å². The SMILES string of the molecule is CCN(C(=O)C(C)Cc1cc(O)ccc1Cl)C1CCCCC1. The number of phenolic OH excluding ortho intramolecular Hbond substituents is 1. The highest BCUT2D eigenvalue weighted by Crippen LogP contribution is 2.27. The zero-order chi connectivity index (χ0) is 16.1. The van der Waals surface area contributed by atoms with Crippen molar-refractivity contribution in [3.8, 4) is 5.75 Å². The Morgan fingerprint density at radius 1 is 1.36 bits per heavy atom. The van der Waals surface area contributed by atoms with E-state index in [1.165, 1.54) is 19.3 Å². The molecule has 3 nitrogen and oxygen atoms in total. The second-order valence-electron chi connectivity index (χ2n) is 6.30. The molecule has 1 fully saturated rings. The summed E-state index contributed by atoms with van der Waals surface area (Å²) in [6.07, 6.45) is 6.55. The standard InChI is InChI=1S/C18H26ClNO2/c1-3-20(15-7-5-4-6-8-15)18(22)13(2)11-14-12-16(21)9-10-17(14)19/h9-10,12-13,15,21H,3-8,11H2,1-2H3. The van der Waals surface area contributed by atoms with Gasteiger partial charge in [-0.3, -0.25) is 4.79 Å². The topological polar surface area (TPSA) is 40.5 Å². The number of carbonyl (C=O) groups excluding carboxylic acids is 1. The lowest BCUT2D eigenvalue weighted by Gasteiger charge is -2.35. The smallest absolute Gasteiger partial charge is 0.225 e. The van der Waals surface area contributed by atoms with E-state index >= 15 is 0 Å². The van der Waals surface area contributed by atoms with Crippen molar-refractivity contribution in [1.82, 2.24) is 4.90 Å². The van der Waals surface area contributed by atoms with Gasteiger partial charge in [0, 0.05) is 23.5 Å². The fraction of sp³-hybridized carbons (Fsp3) is 0.611. The minimum Gasteiger partial charge on any atom is -0.508 e. The highest BCUT2D eigenvalue weighted by molar-refractivity contribution is 6.31. The van der Waals surface area contributed by atoms with Crippen LogP contribution in [0.25, 0.3) is 0 Å². The van der Waals surface area contributed by atoms with Crippen LogP contribution in [0.4, 0.5) is 0 Å². The van der Waals surface area contributed by atoms with Gasteiger partial charge in [-0.05, 0) is 49.9 Å². The molecule has 0 radical (unpaired) electrons. The van der Waals surface area contributed by atoms with E-state index < -0.39 is 0 Å². The number of rotatable bonds is 5. The van der Waals surface area contributed by atoms with Crippen LogP contribution in [-0.4, -0.2) is 28.5 Å². The van der Waals surface area contributed by atoms with Gasteiger partial charge in [-0.1, -0.05) is 37.8 Å². The molecule has 22 heavy (non-hydrogen) atoms. The van der Waals surface area contributed by atoms with Gasteiger partial charge in [0.1, 0.15) is 5.75 Å². The summed E-state index contributed by atoms with van der Waals surface area (Å²) in [4.78, 5) is 14.8. The lowest BCUT2D eigenvalue weighted by molar-refractivity contribution is -0.137. The first kappa shape index (κ1) is 17.1. The largest absolute Gasteiger partial charge is 0.508 e. The Morgan fingerprint density at radius 2 is 2.05 bits per heavy atom. The van der Waals surface area contributed by atoms with Crippen molar-refractivity contribution < 1.29 is 9.90 Å². The molecule has 1 aliphatic carbocycles. The number of amides is 1. The first-order valence-electron chi connectivity index (χ1n) is 8.30. The van der Waals surface area contributed by atoms with E-state index in [0.717, 1.165) is 24.9 Å². The van der Waals surface area contributed by atoms with E-state index in [2.05, 4.69) is 6.92 Å². The minimum atomic E-state index is -0.124. The number of hydrogen-bond acceptors (Lipinski definition) is 2. The molecule has 0 spiro atoms. The molecule has 1 aromatic carbocycles. The predicted octanol–water partition coefficient (Wildman–Crippen LogP) is 4.41. The minimum absolute atomic E-state index is 0.124. The average Bonchev–Trinajstić information content (AvgIpc) is 2.52. The number of halogens is 1. The molecule has 0 aromatic heterocycles. The van der Waals surface area contributed by atoms with Crippen LogP contribution in [0, 0.1) is 5.92 Å². The first-order valence-corrected chi connectivity index (χ1v) is 8.68. The van der Waals surface area contributed by atoms with Gasteiger partial charge in [0.15, 0.2) is 0 Å². The number of hydrogen-bond donors (Lipinski definition) is 1. The summed E-state index contributed by atoms with van der Waals surface area (Å²) >= 11 is 6.17. The van der Waals surface area contributed by atoms with Gasteiger partial charge in [0.2, 0.25) is 5.91 Å². The molecule has 1 amide bonds. The molecule has 1 N–H and O–H groups in total. The number of carbonyl (C=O) groups is 1. The predicted molar refractivity (Wildman–Crippen MR) is 90.2 cm³/mol. The molecule has 1 unspecified atom stereocenters. The molecule has 1 aromatic rings. The van der Waals surface area contributed by atoms with Crippen molar-refractivity contribution in [3.63, 3.8) is 0 Å². The van der Waals surface area contributed by atoms with Gasteiger partial charge in [-0.15, -0.1) is 0 Å². The molecule has 0 heterocycles. The molecule has 0 bridgehead atoms. The van der Waals surface area contributed by atoms with Crippen LogP contribution in [0.15, 0.2) is 18.2 Å². The van der Waals surface area contributed by atoms with Crippen molar-refractivity contribution in [2.75, 3.05) is 6.54 Å². The third kappa shape index (κ3) is 4.16. The molecular weight excluding hydrogens is 298 g/mol. The summed E-state index contributed by atoms with van der Waals surface area (Å²) in [7, 11) is 0. The summed E-state index contributed by atoms with van der Waals surface area (Å²) in [5.74, 6) is 0.272. The number of nitrogens with zero attached hydrogens (tertiary/aromatic N) is 1. The third-order valence-corrected chi connectivity index (χ3v) is 4.98. The average molecular weight is 324 g/mol. The zero-order valence-corrected chi connectivity index (χ0v) is 14.3. The maximum Gasteiger partial charge on any atom is 0.225 e. The molecule has 1 aliphatic rings. The van der Waals surface area contributed by atoms with E-state index in [1.807, 2.05) is 11.8 Å². The van der Waals surface area contributed by atoms with Gasteiger partial charge in [0.25, 0.3) is 0 Å². The molecule has 122 valence electrons. The van der Waals surface area contributed by atoms with Crippen LogP contribution < -0.4 is 0 Å². The van der Waals surface area contributed by atoms with Crippen LogP contribution in [0.2, 0.25) is 5.02 Å². The zero-order valence-electron chi connectivity index (χ0n) is 13.5. The van der Waals surface area contributed by atoms with Crippen LogP contribution in [0.3, 0.4) is 0 Å². The van der Waals surface area contributed by atoms with Crippen molar-refractivity contribution >= 4 is 17.5 Å². The summed E-state index contributed by atoms with van der Waals surface area (Å²) in [5, 5.41) is 10.2. The van der Waals surface area contributed by atoms with Gasteiger partial charge in [-0.2, -0.15) is 0 Å². The van der Waals surface area contributed by atoms with E-state index in [9.17, 15) is 9.90 Å². The normalized spacial score (nSPS) is 17.2. The summed E-state index contributed by atoms with van der Waals surface area (Å²) in [5.41, 5.74) is 0.835. The van der Waals surface area contributed by atoms with Gasteiger partial charge in [0.05, 0.1) is 0 Å². The van der Waals surface area contributed by atoms with Crippen LogP contribution in [0.1, 0.15) is 51.5 Å². The Morgan fingerprint density at radius 3 is 2.68 bits per heavy atom. The fourth-order valence-electron chi connectivity index (χ4n) is 3.40. The lowest BCUT2D eigenvalue weighted by atomic mass is 9.92. The third-order valence-electron chi connectivity index (χ3n) is 4.62. The maximum atomic E-state index is 12.8. The molecule has 2 rings (SSSR count). The fourth-order valence-corrected chi connectivity index (χ4v) is 3.60. The highest BCUT2D eigenvalue weighted by Gasteiger charge is 2.27. The quantitative estimate of drug-likeness (QED) is 0.872. The van der Waals surface area contributed by atoms with Crippen molar-refractivity contribution in [2.45, 2.75) is 58.4 Å². The Labute approximate surface area is 138 Å². The number of benzene rings is 1. The molecule has 0 saturated heterocycles. The van der Waals surface area contributed by atoms with Crippen LogP contribution in [0.5, 0.6) is 5.75 Å². The Balaban J connectivity index is 2.04. The summed E-state index contributed by atoms with van der Waals surface area (Å²) in [6, 6.07) is 5.30. The van der Waals surface area contributed by atoms with Gasteiger partial charge in [-0.25, -0.2) is 0 Å². The van der Waals surface area contributed by atoms with Crippen molar-refractivity contribution in [3.05, 3.63) is 28.8 Å². The highest BCUT2D eigenvalue weighted by atomic mass is 35.5. The van der Waals surface area contributed by atoms with Crippen LogP contribution >= 0.6 is 11.6 Å². The van der Waals surface area contributed by atoms with E-state index in [0.29, 0.717) is 17.5 Å². The number of aromatic hydroxyl groups is 1. The summed E-state index contributed by atoms with van der Waals surface area (Å²) in [6.45, 7) is 4.77. The maximum absolute atomic E-state index is 12.8. The molecular formula is C18H26ClNO2. The Hall–Kier alpha value is -1.22. The van der Waals surface area contributed by atoms with Crippen molar-refractivity contribution in [1.29, 1.82) is 0 Å². The van der Waals surface area contributed by atoms with E-state index in [1.54, 1.807) is 18.2 Å². The second kappa shape index (κ2) is 7.87. The van der Waals surface area contributed by atoms with Crippen molar-refractivity contribution in [2.24, 2.45) is 5.92 Å². The molecule has 4 heteroatoms. The summed E-state index contributed by atoms with van der Waals surface area (Å²) < 4.78 is 0. The van der Waals surface area contributed by atoms with Gasteiger partial charge >= 0.3 is 0 Å². The second-order valence-corrected chi connectivity index (χ2v) is 6.70. The molecule has 1 atom stereocenters. The first-order chi connectivity index (χ1) is 10.5. The molecule has 1 saturated carbocycles. The number of phenols is 1. The molecule has 0 aliphatic heterocycles. The Kier molecular flexibility index (Phi) is 6.13. The van der Waals surface area contributed by atoms with E-state index in [4.69, 9.17) is 11.6 Å². The van der Waals surface area contributed by atoms with Gasteiger partial charge < -0.3 is 10.0 Å². The lowest BCUT2D eigenvalue weighted by Crippen LogP contribution is -2.44. The van der Waals surface area contributed by atoms with E-state index in [-0.39, 0.29) is 17.6 Å². The Bertz CT molecular complexity index is 512. The monoisotopic (exact) mass is 323 g/mol.